The summed E-state index contributed by atoms with van der Waals surface area (Å²) >= 11 is 1.21. The number of thiazole rings is 1. The van der Waals surface area contributed by atoms with Crippen LogP contribution in [0, 0.1) is 17.8 Å². The van der Waals surface area contributed by atoms with Gasteiger partial charge in [0, 0.05) is 37.9 Å². The quantitative estimate of drug-likeness (QED) is 0.165. The first-order valence-electron chi connectivity index (χ1n) is 19.8. The second-order valence-corrected chi connectivity index (χ2v) is 17.4. The van der Waals surface area contributed by atoms with Crippen LogP contribution in [0.25, 0.3) is 0 Å². The van der Waals surface area contributed by atoms with Crippen LogP contribution in [0.1, 0.15) is 128 Å². The zero-order valence-corrected chi connectivity index (χ0v) is 35.7. The highest BCUT2D eigenvalue weighted by Gasteiger charge is 2.37. The lowest BCUT2D eigenvalue weighted by molar-refractivity contribution is -0.159. The van der Waals surface area contributed by atoms with Gasteiger partial charge < -0.3 is 25.0 Å². The SMILES string of the molecule is CC[C@H](C)[C@H](NC(=O)C1CCCCN1C)C(=O)N(C)[C@H](C[C@@H](OC(C)=O)c1nc(C(=O)N[C@@H](Cc2ccccc2)C[C@H](C)C(=O)OC(C)(C)C)cs1)C(C)C. The number of rotatable bonds is 18. The highest BCUT2D eigenvalue weighted by molar-refractivity contribution is 7.09. The number of benzene rings is 1. The van der Waals surface area contributed by atoms with Crippen molar-refractivity contribution in [1.82, 2.24) is 25.4 Å². The number of likely N-dealkylation sites (N-methyl/N-ethyl adjacent to an activating group) is 2. The Hall–Kier alpha value is -3.84. The van der Waals surface area contributed by atoms with Gasteiger partial charge in [-0.05, 0) is 77.4 Å². The van der Waals surface area contributed by atoms with Gasteiger partial charge in [0.25, 0.3) is 5.91 Å². The van der Waals surface area contributed by atoms with Gasteiger partial charge >= 0.3 is 11.9 Å². The summed E-state index contributed by atoms with van der Waals surface area (Å²) in [7, 11) is 3.68. The fourth-order valence-corrected chi connectivity index (χ4v) is 7.87. The van der Waals surface area contributed by atoms with Crippen LogP contribution in [-0.2, 0) is 35.1 Å². The maximum absolute atomic E-state index is 14.2. The summed E-state index contributed by atoms with van der Waals surface area (Å²) in [5, 5.41) is 8.25. The Kier molecular flexibility index (Phi) is 17.3. The third-order valence-electron chi connectivity index (χ3n) is 10.4. The van der Waals surface area contributed by atoms with Crippen molar-refractivity contribution in [3.8, 4) is 0 Å². The summed E-state index contributed by atoms with van der Waals surface area (Å²) in [5.74, 6) is -2.22. The average molecular weight is 784 g/mol. The van der Waals surface area contributed by atoms with Crippen molar-refractivity contribution in [2.24, 2.45) is 17.8 Å². The molecule has 55 heavy (non-hydrogen) atoms. The number of nitrogens with zero attached hydrogens (tertiary/aromatic N) is 3. The molecule has 0 bridgehead atoms. The number of esters is 2. The Morgan fingerprint density at radius 1 is 1.02 bits per heavy atom. The summed E-state index contributed by atoms with van der Waals surface area (Å²) in [6, 6.07) is 7.96. The van der Waals surface area contributed by atoms with Crippen LogP contribution < -0.4 is 10.6 Å². The van der Waals surface area contributed by atoms with Crippen LogP contribution in [0.5, 0.6) is 0 Å². The standard InChI is InChI=1S/C42H65N5O7S/c1-12-27(4)36(45-38(50)33-20-16-17-21-46(33)10)40(51)47(11)34(26(2)3)24-35(53-29(6)48)39-44-32(25-55-39)37(49)43-31(23-30-18-14-13-15-19-30)22-28(5)41(52)54-42(7,8)9/h13-15,18-19,25-28,31,33-36H,12,16-17,20-24H2,1-11H3,(H,43,49)(H,45,50)/t27-,28-,31+,33?,34+,35+,36-/m0/s1. The van der Waals surface area contributed by atoms with E-state index in [-0.39, 0.29) is 53.8 Å². The van der Waals surface area contributed by atoms with E-state index < -0.39 is 41.6 Å². The van der Waals surface area contributed by atoms with Gasteiger partial charge in [0.1, 0.15) is 22.3 Å². The lowest BCUT2D eigenvalue weighted by Crippen LogP contribution is -2.58. The predicted molar refractivity (Wildman–Crippen MR) is 215 cm³/mol. The van der Waals surface area contributed by atoms with Gasteiger partial charge in [0.15, 0.2) is 6.10 Å². The normalized spacial score (nSPS) is 18.3. The highest BCUT2D eigenvalue weighted by atomic mass is 32.1. The van der Waals surface area contributed by atoms with Crippen LogP contribution in [0.3, 0.4) is 0 Å². The van der Waals surface area contributed by atoms with E-state index in [9.17, 15) is 24.0 Å². The first-order chi connectivity index (χ1) is 25.8. The Bertz CT molecular complexity index is 1580. The first kappa shape index (κ1) is 45.5. The summed E-state index contributed by atoms with van der Waals surface area (Å²) in [6.45, 7) is 17.4. The van der Waals surface area contributed by atoms with Gasteiger partial charge in [-0.2, -0.15) is 0 Å². The molecule has 1 aromatic carbocycles. The van der Waals surface area contributed by atoms with Gasteiger partial charge in [0.2, 0.25) is 11.8 Å². The fraction of sp³-hybridized carbons (Fsp3) is 0.667. The van der Waals surface area contributed by atoms with Crippen LogP contribution >= 0.6 is 11.3 Å². The lowest BCUT2D eigenvalue weighted by atomic mass is 9.92. The predicted octanol–water partition coefficient (Wildman–Crippen LogP) is 6.34. The van der Waals surface area contributed by atoms with Crippen molar-refractivity contribution in [3.63, 3.8) is 0 Å². The molecule has 12 nitrogen and oxygen atoms in total. The Balaban J connectivity index is 1.82. The topological polar surface area (TPSA) is 147 Å². The molecule has 0 saturated carbocycles. The highest BCUT2D eigenvalue weighted by Crippen LogP contribution is 2.31. The average Bonchev–Trinajstić information content (AvgIpc) is 3.61. The van der Waals surface area contributed by atoms with Crippen molar-refractivity contribution in [2.45, 2.75) is 143 Å². The minimum Gasteiger partial charge on any atom is -0.460 e. The van der Waals surface area contributed by atoms with E-state index >= 15 is 0 Å². The molecule has 1 saturated heterocycles. The third-order valence-corrected chi connectivity index (χ3v) is 11.3. The molecule has 1 aliphatic rings. The van der Waals surface area contributed by atoms with Crippen LogP contribution in [0.2, 0.25) is 0 Å². The molecular weight excluding hydrogens is 719 g/mol. The van der Waals surface area contributed by atoms with Crippen LogP contribution in [0.4, 0.5) is 0 Å². The van der Waals surface area contributed by atoms with E-state index in [0.29, 0.717) is 24.3 Å². The second-order valence-electron chi connectivity index (χ2n) is 16.6. The molecule has 2 aromatic rings. The number of likely N-dealkylation sites (tertiary alicyclic amines) is 1. The molecule has 3 amide bonds. The minimum atomic E-state index is -0.827. The van der Waals surface area contributed by atoms with Gasteiger partial charge in [-0.3, -0.25) is 28.9 Å². The summed E-state index contributed by atoms with van der Waals surface area (Å²) in [4.78, 5) is 75.1. The van der Waals surface area contributed by atoms with Gasteiger partial charge in [-0.1, -0.05) is 77.8 Å². The van der Waals surface area contributed by atoms with E-state index in [0.717, 1.165) is 31.4 Å². The number of hydrogen-bond donors (Lipinski definition) is 2. The van der Waals surface area contributed by atoms with Crippen molar-refractivity contribution in [3.05, 3.63) is 52.0 Å². The molecule has 7 atom stereocenters. The smallest absolute Gasteiger partial charge is 0.309 e. The van der Waals surface area contributed by atoms with Crippen LogP contribution in [-0.4, -0.2) is 94.9 Å². The molecule has 3 rings (SSSR count). The molecule has 1 unspecified atom stereocenters. The summed E-state index contributed by atoms with van der Waals surface area (Å²) < 4.78 is 11.4. The van der Waals surface area contributed by atoms with E-state index in [1.807, 2.05) is 85.8 Å². The van der Waals surface area contributed by atoms with Crippen LogP contribution in [0.15, 0.2) is 35.7 Å². The fourth-order valence-electron chi connectivity index (χ4n) is 7.03. The number of aromatic nitrogens is 1. The molecule has 306 valence electrons. The molecule has 1 aliphatic heterocycles. The van der Waals surface area contributed by atoms with E-state index in [1.54, 1.807) is 24.3 Å². The molecular formula is C42H65N5O7S. The molecule has 2 heterocycles. The molecule has 0 aliphatic carbocycles. The van der Waals surface area contributed by atoms with Gasteiger partial charge in [-0.25, -0.2) is 4.98 Å². The molecule has 0 spiro atoms. The molecule has 0 radical (unpaired) electrons. The summed E-state index contributed by atoms with van der Waals surface area (Å²) in [5.41, 5.74) is 0.540. The van der Waals surface area contributed by atoms with Crippen molar-refractivity contribution >= 4 is 41.0 Å². The third kappa shape index (κ3) is 14.0. The van der Waals surface area contributed by atoms with E-state index in [4.69, 9.17) is 9.47 Å². The first-order valence-corrected chi connectivity index (χ1v) is 20.7. The molecule has 1 fully saturated rings. The van der Waals surface area contributed by atoms with Gasteiger partial charge in [0.05, 0.1) is 12.0 Å². The second kappa shape index (κ2) is 20.9. The number of piperidine rings is 1. The van der Waals surface area contributed by atoms with Gasteiger partial charge in [-0.15, -0.1) is 11.3 Å². The number of amides is 3. The maximum Gasteiger partial charge on any atom is 0.309 e. The van der Waals surface area contributed by atoms with Crippen molar-refractivity contribution in [2.75, 3.05) is 20.6 Å². The number of ether oxygens (including phenoxy) is 2. The zero-order chi connectivity index (χ0) is 41.0. The maximum atomic E-state index is 14.2. The van der Waals surface area contributed by atoms with E-state index in [2.05, 4.69) is 20.5 Å². The van der Waals surface area contributed by atoms with E-state index in [1.165, 1.54) is 18.3 Å². The Morgan fingerprint density at radius 3 is 2.27 bits per heavy atom. The molecule has 13 heteroatoms. The summed E-state index contributed by atoms with van der Waals surface area (Å²) in [6.07, 6.45) is 3.74. The largest absolute Gasteiger partial charge is 0.460 e. The number of carbonyl (C=O) groups excluding carboxylic acids is 5. The molecule has 2 N–H and O–H groups in total. The van der Waals surface area contributed by atoms with Crippen molar-refractivity contribution in [1.29, 1.82) is 0 Å². The monoisotopic (exact) mass is 783 g/mol. The number of hydrogen-bond acceptors (Lipinski definition) is 10. The zero-order valence-electron chi connectivity index (χ0n) is 34.8. The Morgan fingerprint density at radius 2 is 1.69 bits per heavy atom. The van der Waals surface area contributed by atoms with Crippen molar-refractivity contribution < 1.29 is 33.4 Å². The lowest BCUT2D eigenvalue weighted by Gasteiger charge is -2.38. The Labute approximate surface area is 332 Å². The number of nitrogens with one attached hydrogen (secondary N) is 2. The number of carbonyl (C=O) groups is 5. The molecule has 1 aromatic heterocycles. The minimum absolute atomic E-state index is 0.0433.